The van der Waals surface area contributed by atoms with Crippen LogP contribution in [0.3, 0.4) is 0 Å². The van der Waals surface area contributed by atoms with E-state index in [4.69, 9.17) is 16.2 Å². The van der Waals surface area contributed by atoms with E-state index in [9.17, 15) is 23.1 Å². The highest BCUT2D eigenvalue weighted by Gasteiger charge is 2.39. The number of ether oxygens (including phenoxy) is 1. The molecule has 0 bridgehead atoms. The van der Waals surface area contributed by atoms with E-state index in [-0.39, 0.29) is 17.1 Å². The molecule has 0 saturated carbocycles. The number of aliphatic hydroxyl groups excluding tert-OH is 1. The third-order valence-electron chi connectivity index (χ3n) is 4.30. The standard InChI is InChI=1S/C20H24F3N5O4/c1-19(2,31)16(11-6-4-3-5-7-11)28-18(30)27-15-8-13(24)12(9-26-15)17(25)32-10-14(29)20(21,22)23/h3-9,14,16,25,29,31H,10H2,1-2H3,(H4,24,26,27,28,30)/t14-,16?/m1/s1. The highest BCUT2D eigenvalue weighted by atomic mass is 19.4. The molecule has 12 heteroatoms. The van der Waals surface area contributed by atoms with Crippen molar-refractivity contribution in [1.29, 1.82) is 5.41 Å². The summed E-state index contributed by atoms with van der Waals surface area (Å²) < 4.78 is 41.6. The first-order chi connectivity index (χ1) is 14.8. The number of nitrogens with one attached hydrogen (secondary N) is 3. The van der Waals surface area contributed by atoms with E-state index in [1.807, 2.05) is 0 Å². The number of rotatable bonds is 7. The van der Waals surface area contributed by atoms with Crippen LogP contribution in [0, 0.1) is 5.41 Å². The van der Waals surface area contributed by atoms with Crippen LogP contribution in [-0.2, 0) is 4.74 Å². The molecular weight excluding hydrogens is 431 g/mol. The van der Waals surface area contributed by atoms with E-state index in [0.29, 0.717) is 5.56 Å². The van der Waals surface area contributed by atoms with Crippen LogP contribution in [0.15, 0.2) is 42.6 Å². The van der Waals surface area contributed by atoms with E-state index < -0.39 is 42.5 Å². The zero-order valence-corrected chi connectivity index (χ0v) is 17.3. The number of nitrogen functional groups attached to an aromatic ring is 1. The van der Waals surface area contributed by atoms with E-state index in [0.717, 1.165) is 6.20 Å². The number of carbonyl (C=O) groups is 1. The van der Waals surface area contributed by atoms with Crippen LogP contribution in [0.4, 0.5) is 29.5 Å². The maximum atomic E-state index is 12.4. The van der Waals surface area contributed by atoms with Gasteiger partial charge in [0.2, 0.25) is 5.90 Å². The summed E-state index contributed by atoms with van der Waals surface area (Å²) in [4.78, 5) is 16.3. The summed E-state index contributed by atoms with van der Waals surface area (Å²) in [6.45, 7) is 1.90. The van der Waals surface area contributed by atoms with Crippen LogP contribution in [0.5, 0.6) is 0 Å². The second kappa shape index (κ2) is 9.83. The molecular formula is C20H24F3N5O4. The molecule has 7 N–H and O–H groups in total. The number of carbonyl (C=O) groups excluding carboxylic acids is 1. The van der Waals surface area contributed by atoms with E-state index in [1.54, 1.807) is 30.3 Å². The van der Waals surface area contributed by atoms with Crippen LogP contribution in [-0.4, -0.2) is 51.6 Å². The molecule has 2 aromatic rings. The zero-order valence-electron chi connectivity index (χ0n) is 17.3. The van der Waals surface area contributed by atoms with Gasteiger partial charge in [0.15, 0.2) is 6.10 Å². The maximum Gasteiger partial charge on any atom is 0.417 e. The summed E-state index contributed by atoms with van der Waals surface area (Å²) in [5.74, 6) is -0.727. The Kier molecular flexibility index (Phi) is 7.65. The number of urea groups is 1. The number of benzene rings is 1. The largest absolute Gasteiger partial charge is 0.474 e. The summed E-state index contributed by atoms with van der Waals surface area (Å²) >= 11 is 0. The number of pyridine rings is 1. The Morgan fingerprint density at radius 2 is 1.91 bits per heavy atom. The number of aromatic nitrogens is 1. The SMILES string of the molecule is CC(C)(O)C(NC(=O)Nc1cc(N)c(C(=N)OC[C@@H](O)C(F)(F)F)cn1)c1ccccc1. The van der Waals surface area contributed by atoms with Gasteiger partial charge in [-0.2, -0.15) is 13.2 Å². The van der Waals surface area contributed by atoms with Gasteiger partial charge in [-0.1, -0.05) is 30.3 Å². The van der Waals surface area contributed by atoms with Crippen molar-refractivity contribution in [3.05, 3.63) is 53.7 Å². The lowest BCUT2D eigenvalue weighted by atomic mass is 9.92. The predicted molar refractivity (Wildman–Crippen MR) is 111 cm³/mol. The van der Waals surface area contributed by atoms with Crippen LogP contribution in [0.1, 0.15) is 31.0 Å². The Balaban J connectivity index is 2.05. The number of alkyl halides is 3. The molecule has 1 unspecified atom stereocenters. The molecule has 0 spiro atoms. The quantitative estimate of drug-likeness (QED) is 0.279. The molecule has 1 aromatic heterocycles. The zero-order chi connectivity index (χ0) is 24.1. The highest BCUT2D eigenvalue weighted by Crippen LogP contribution is 2.26. The summed E-state index contributed by atoms with van der Waals surface area (Å²) in [6.07, 6.45) is -6.60. The number of amides is 2. The van der Waals surface area contributed by atoms with Gasteiger partial charge in [-0.15, -0.1) is 0 Å². The van der Waals surface area contributed by atoms with Gasteiger partial charge in [-0.25, -0.2) is 9.78 Å². The molecule has 9 nitrogen and oxygen atoms in total. The average Bonchev–Trinajstić information content (AvgIpc) is 2.69. The van der Waals surface area contributed by atoms with Crippen molar-refractivity contribution in [2.75, 3.05) is 17.7 Å². The van der Waals surface area contributed by atoms with Crippen molar-refractivity contribution < 1.29 is 32.9 Å². The molecule has 0 aliphatic heterocycles. The third kappa shape index (κ3) is 6.82. The molecule has 32 heavy (non-hydrogen) atoms. The minimum absolute atomic E-state index is 0.00515. The van der Waals surface area contributed by atoms with Gasteiger partial charge >= 0.3 is 12.2 Å². The molecule has 2 atom stereocenters. The predicted octanol–water partition coefficient (Wildman–Crippen LogP) is 2.56. The van der Waals surface area contributed by atoms with Crippen LogP contribution in [0.25, 0.3) is 0 Å². The first-order valence-electron chi connectivity index (χ1n) is 9.36. The molecule has 0 aliphatic carbocycles. The average molecular weight is 455 g/mol. The summed E-state index contributed by atoms with van der Waals surface area (Å²) in [5.41, 5.74) is 4.96. The lowest BCUT2D eigenvalue weighted by molar-refractivity contribution is -0.211. The van der Waals surface area contributed by atoms with Gasteiger partial charge in [-0.05, 0) is 19.4 Å². The number of hydrogen-bond acceptors (Lipinski definition) is 7. The Bertz CT molecular complexity index is 948. The van der Waals surface area contributed by atoms with Gasteiger partial charge in [-0.3, -0.25) is 10.7 Å². The van der Waals surface area contributed by atoms with E-state index in [2.05, 4.69) is 20.4 Å². The van der Waals surface area contributed by atoms with Crippen molar-refractivity contribution in [2.24, 2.45) is 0 Å². The van der Waals surface area contributed by atoms with Crippen LogP contribution >= 0.6 is 0 Å². The smallest absolute Gasteiger partial charge is 0.417 e. The first kappa shape index (κ1) is 24.9. The number of anilines is 2. The van der Waals surface area contributed by atoms with Gasteiger partial charge in [0.1, 0.15) is 12.4 Å². The highest BCUT2D eigenvalue weighted by molar-refractivity contribution is 5.98. The van der Waals surface area contributed by atoms with Crippen molar-refractivity contribution in [2.45, 2.75) is 37.8 Å². The van der Waals surface area contributed by atoms with Gasteiger partial charge < -0.3 is 26.0 Å². The fourth-order valence-corrected chi connectivity index (χ4v) is 2.66. The molecule has 2 amide bonds. The summed E-state index contributed by atoms with van der Waals surface area (Å²) in [7, 11) is 0. The molecule has 2 rings (SSSR count). The molecule has 0 radical (unpaired) electrons. The number of nitrogens with zero attached hydrogens (tertiary/aromatic N) is 1. The van der Waals surface area contributed by atoms with Crippen molar-refractivity contribution in [1.82, 2.24) is 10.3 Å². The molecule has 0 aliphatic rings. The maximum absolute atomic E-state index is 12.4. The second-order valence-electron chi connectivity index (χ2n) is 7.45. The minimum Gasteiger partial charge on any atom is -0.474 e. The van der Waals surface area contributed by atoms with Crippen LogP contribution in [0.2, 0.25) is 0 Å². The topological polar surface area (TPSA) is 154 Å². The molecule has 1 heterocycles. The molecule has 0 fully saturated rings. The van der Waals surface area contributed by atoms with Gasteiger partial charge in [0.25, 0.3) is 0 Å². The normalized spacial score (nSPS) is 13.7. The van der Waals surface area contributed by atoms with Crippen molar-refractivity contribution in [3.8, 4) is 0 Å². The number of hydrogen-bond donors (Lipinski definition) is 6. The molecule has 0 saturated heterocycles. The van der Waals surface area contributed by atoms with Gasteiger partial charge in [0, 0.05) is 18.0 Å². The Labute approximate surface area is 181 Å². The Morgan fingerprint density at radius 3 is 2.44 bits per heavy atom. The third-order valence-corrected chi connectivity index (χ3v) is 4.30. The lowest BCUT2D eigenvalue weighted by Gasteiger charge is -2.30. The molecule has 1 aromatic carbocycles. The minimum atomic E-state index is -4.88. The van der Waals surface area contributed by atoms with Crippen LogP contribution < -0.4 is 16.4 Å². The monoisotopic (exact) mass is 455 g/mol. The second-order valence-corrected chi connectivity index (χ2v) is 7.45. The number of aliphatic hydroxyl groups is 2. The van der Waals surface area contributed by atoms with E-state index >= 15 is 0 Å². The number of halogens is 3. The van der Waals surface area contributed by atoms with Crippen molar-refractivity contribution >= 4 is 23.4 Å². The summed E-state index contributed by atoms with van der Waals surface area (Å²) in [6, 6.07) is 8.56. The lowest BCUT2D eigenvalue weighted by Crippen LogP contribution is -2.43. The Hall–Kier alpha value is -3.38. The van der Waals surface area contributed by atoms with Crippen molar-refractivity contribution in [3.63, 3.8) is 0 Å². The first-order valence-corrected chi connectivity index (χ1v) is 9.36. The number of nitrogens with two attached hydrogens (primary N) is 1. The summed E-state index contributed by atoms with van der Waals surface area (Å²) in [5, 5.41) is 32.1. The van der Waals surface area contributed by atoms with E-state index in [1.165, 1.54) is 19.9 Å². The fraction of sp³-hybridized carbons (Fsp3) is 0.350. The fourth-order valence-electron chi connectivity index (χ4n) is 2.66. The molecule has 174 valence electrons. The van der Waals surface area contributed by atoms with Gasteiger partial charge in [0.05, 0.1) is 17.2 Å². The Morgan fingerprint density at radius 1 is 1.28 bits per heavy atom.